The number of nitrogens with zero attached hydrogens (tertiary/aromatic N) is 2. The fraction of sp³-hybridized carbons (Fsp3) is 0.347. The molecule has 26 heteroatoms. The zero-order chi connectivity index (χ0) is 71.8. The Kier molecular flexibility index (Phi) is 26.6. The zero-order valence-electron chi connectivity index (χ0n) is 56.5. The number of nitrogens with one attached hydrogen (secondary N) is 12. The summed E-state index contributed by atoms with van der Waals surface area (Å²) in [6.07, 6.45) is 9.16. The first-order chi connectivity index (χ1) is 48.7. The Morgan fingerprint density at radius 2 is 0.921 bits per heavy atom. The van der Waals surface area contributed by atoms with Gasteiger partial charge in [-0.3, -0.25) is 54.0 Å². The number of H-pyrrole nitrogens is 4. The smallest absolute Gasteiger partial charge is 0.224 e. The van der Waals surface area contributed by atoms with E-state index in [-0.39, 0.29) is 115 Å². The van der Waals surface area contributed by atoms with Crippen LogP contribution in [0.15, 0.2) is 159 Å². The predicted molar refractivity (Wildman–Crippen MR) is 385 cm³/mol. The minimum absolute atomic E-state index is 0.00691. The summed E-state index contributed by atoms with van der Waals surface area (Å²) in [6.45, 7) is 1.21. The van der Waals surface area contributed by atoms with Gasteiger partial charge >= 0.3 is 0 Å². The van der Waals surface area contributed by atoms with Gasteiger partial charge in [0.15, 0.2) is 35.1 Å². The van der Waals surface area contributed by atoms with Crippen molar-refractivity contribution in [3.63, 3.8) is 0 Å². The van der Waals surface area contributed by atoms with Crippen molar-refractivity contribution in [2.75, 3.05) is 19.6 Å². The van der Waals surface area contributed by atoms with Gasteiger partial charge in [0.1, 0.15) is 5.78 Å². The molecule has 0 saturated carbocycles. The van der Waals surface area contributed by atoms with Crippen molar-refractivity contribution in [1.29, 1.82) is 10.8 Å². The van der Waals surface area contributed by atoms with Crippen molar-refractivity contribution in [3.05, 3.63) is 192 Å². The standard InChI is InChI=1S/C75H89N17O9/c1-45(93)90-65(37-57-41-82-44-89-57)69(97)35-53(29-47-23-24-48-15-5-6-16-49(48)28-47)73(101)91-62(21-11-25-83-74(77)78)66(94)32-50(30-54-38-85-60-19-9-7-17-58(54)60)70(98)42-87-64(36-56-40-81-43-88-56)68(96)34-52(27-46-13-3-2-4-14-46)72(100)92-63(22-12-26-84-75(79)80)67(95)33-51(71(76)99)31-55-39-86-61-20-10-8-18-59(55)61/h2-10,13-20,23-24,28,38-41,43-44,50-53,62-65,85-87H,11-12,21-22,25-27,29-37,42H2,1H3,(H2,76,99)(H,81,88)(H,82,89)(H,90,93)(H,91,101)(H,92,100)(H4,77,78,83)(H4,79,80,84)/t50-,51-,52+,53+,62+,63+,64+,65+/m1/s1. The predicted octanol–water partition coefficient (Wildman–Crippen LogP) is 5.32. The molecule has 8 atom stereocenters. The number of carbonyl (C=O) groups excluding carboxylic acids is 9. The van der Waals surface area contributed by atoms with E-state index in [2.05, 4.69) is 61.8 Å². The summed E-state index contributed by atoms with van der Waals surface area (Å²) in [5, 5.41) is 36.4. The van der Waals surface area contributed by atoms with Gasteiger partial charge in [-0.05, 0) is 96.5 Å². The molecule has 4 heterocycles. The molecule has 528 valence electrons. The summed E-state index contributed by atoms with van der Waals surface area (Å²) in [6, 6.07) is 33.0. The highest BCUT2D eigenvalue weighted by Gasteiger charge is 2.36. The number of primary amides is 1. The van der Waals surface area contributed by atoms with Crippen LogP contribution >= 0.6 is 0 Å². The first-order valence-corrected chi connectivity index (χ1v) is 34.0. The van der Waals surface area contributed by atoms with Crippen molar-refractivity contribution in [1.82, 2.24) is 61.8 Å². The van der Waals surface area contributed by atoms with Crippen molar-refractivity contribution in [2.45, 2.75) is 121 Å². The third-order valence-corrected chi connectivity index (χ3v) is 18.3. The van der Waals surface area contributed by atoms with Crippen LogP contribution < -0.4 is 49.1 Å². The molecule has 9 aromatic rings. The van der Waals surface area contributed by atoms with Crippen molar-refractivity contribution < 1.29 is 43.2 Å². The van der Waals surface area contributed by atoms with Crippen LogP contribution in [0.25, 0.3) is 32.6 Å². The number of Topliss-reactive ketones (excluding diaryl/α,β-unsaturated/α-hetero) is 5. The number of ketones is 5. The van der Waals surface area contributed by atoms with E-state index in [1.54, 1.807) is 30.7 Å². The molecule has 0 aliphatic rings. The van der Waals surface area contributed by atoms with E-state index in [0.717, 1.165) is 54.8 Å². The topological polar surface area (TPSA) is 441 Å². The highest BCUT2D eigenvalue weighted by molar-refractivity contribution is 5.98. The Morgan fingerprint density at radius 1 is 0.455 bits per heavy atom. The largest absolute Gasteiger partial charge is 0.370 e. The van der Waals surface area contributed by atoms with Gasteiger partial charge in [0, 0.05) is 140 Å². The second kappa shape index (κ2) is 36.4. The molecule has 0 radical (unpaired) electrons. The molecule has 101 heavy (non-hydrogen) atoms. The fourth-order valence-electron chi connectivity index (χ4n) is 13.0. The molecular formula is C75H89N17O9. The number of benzene rings is 5. The van der Waals surface area contributed by atoms with Crippen LogP contribution in [-0.4, -0.2) is 138 Å². The van der Waals surface area contributed by atoms with Gasteiger partial charge in [-0.15, -0.1) is 0 Å². The second-order valence-corrected chi connectivity index (χ2v) is 25.9. The Hall–Kier alpha value is -11.4. The quantitative estimate of drug-likeness (QED) is 0.0131. The van der Waals surface area contributed by atoms with Crippen LogP contribution in [0, 0.1) is 34.5 Å². The van der Waals surface area contributed by atoms with Crippen molar-refractivity contribution >= 4 is 97.0 Å². The summed E-state index contributed by atoms with van der Waals surface area (Å²) in [5.41, 5.74) is 22.9. The van der Waals surface area contributed by atoms with E-state index < -0.39 is 107 Å². The van der Waals surface area contributed by atoms with Crippen molar-refractivity contribution in [3.8, 4) is 0 Å². The number of para-hydroxylation sites is 2. The first-order valence-electron chi connectivity index (χ1n) is 34.0. The van der Waals surface area contributed by atoms with Crippen LogP contribution in [0.4, 0.5) is 0 Å². The molecule has 0 spiro atoms. The number of nitrogens with two attached hydrogens (primary N) is 3. The maximum atomic E-state index is 15.3. The third kappa shape index (κ3) is 22.0. The Morgan fingerprint density at radius 3 is 1.45 bits per heavy atom. The van der Waals surface area contributed by atoms with Gasteiger partial charge in [0.05, 0.1) is 43.4 Å². The van der Waals surface area contributed by atoms with Crippen LogP contribution in [-0.2, 0) is 81.7 Å². The lowest BCUT2D eigenvalue weighted by molar-refractivity contribution is -0.134. The first kappa shape index (κ1) is 73.8. The van der Waals surface area contributed by atoms with Crippen LogP contribution in [0.2, 0.25) is 0 Å². The van der Waals surface area contributed by atoms with E-state index in [1.165, 1.54) is 25.8 Å². The van der Waals surface area contributed by atoms with Crippen molar-refractivity contribution in [2.24, 2.45) is 40.9 Å². The monoisotopic (exact) mass is 1370 g/mol. The Bertz CT molecular complexity index is 4340. The van der Waals surface area contributed by atoms with E-state index in [1.807, 2.05) is 109 Å². The van der Waals surface area contributed by atoms with Gasteiger partial charge < -0.3 is 69.0 Å². The van der Waals surface area contributed by atoms with Gasteiger partial charge in [-0.25, -0.2) is 9.97 Å². The number of carbonyl (C=O) groups is 9. The van der Waals surface area contributed by atoms with Gasteiger partial charge in [0.25, 0.3) is 0 Å². The summed E-state index contributed by atoms with van der Waals surface area (Å²) < 4.78 is 0. The van der Waals surface area contributed by atoms with Gasteiger partial charge in [0.2, 0.25) is 23.6 Å². The maximum Gasteiger partial charge on any atom is 0.224 e. The van der Waals surface area contributed by atoms with Crippen LogP contribution in [0.5, 0.6) is 0 Å². The number of rotatable bonds is 42. The Labute approximate surface area is 584 Å². The molecule has 0 unspecified atom stereocenters. The number of imidazole rings is 2. The van der Waals surface area contributed by atoms with Gasteiger partial charge in [-0.1, -0.05) is 109 Å². The highest BCUT2D eigenvalue weighted by Crippen LogP contribution is 2.28. The number of guanidine groups is 2. The molecule has 4 aromatic heterocycles. The van der Waals surface area contributed by atoms with E-state index in [4.69, 9.17) is 28.0 Å². The lowest BCUT2D eigenvalue weighted by Crippen LogP contribution is -2.48. The second-order valence-electron chi connectivity index (χ2n) is 25.9. The van der Waals surface area contributed by atoms with E-state index in [0.29, 0.717) is 11.4 Å². The summed E-state index contributed by atoms with van der Waals surface area (Å²) in [5.74, 6) is -9.43. The molecule has 0 aliphatic carbocycles. The number of hydrogen-bond donors (Lipinski definition) is 15. The highest BCUT2D eigenvalue weighted by atomic mass is 16.2. The number of amides is 4. The summed E-state index contributed by atoms with van der Waals surface area (Å²) >= 11 is 0. The number of hydrogen-bond acceptors (Lipinski definition) is 14. The molecule has 18 N–H and O–H groups in total. The SMILES string of the molecule is CC(=O)N[C@@H](Cc1cnc[nH]1)C(=O)C[C@H](Cc1ccc2ccccc2c1)C(=O)N[C@@H](CCCNC(=N)N)C(=O)C[C@@H](Cc1c[nH]c2ccccc12)C(=O)CN[C@@H](Cc1cnc[nH]1)C(=O)C[C@H](Cc1ccccc1)C(=O)N[C@@H](CCCNC(=N)N)C(=O)C[C@@H](Cc1c[nH]c2ccccc12)C(N)=O. The zero-order valence-corrected chi connectivity index (χ0v) is 56.5. The molecule has 0 bridgehead atoms. The molecule has 9 rings (SSSR count). The molecule has 4 amide bonds. The minimum atomic E-state index is -1.22. The number of aromatic amines is 4. The maximum absolute atomic E-state index is 15.3. The average Bonchev–Trinajstić information content (AvgIpc) is 1.71. The molecule has 0 fully saturated rings. The lowest BCUT2D eigenvalue weighted by Gasteiger charge is -2.26. The number of fused-ring (bicyclic) bond motifs is 3. The lowest BCUT2D eigenvalue weighted by atomic mass is 9.86. The Balaban J connectivity index is 0.973. The van der Waals surface area contributed by atoms with Gasteiger partial charge in [-0.2, -0.15) is 0 Å². The molecule has 0 saturated heterocycles. The van der Waals surface area contributed by atoms with Crippen LogP contribution in [0.1, 0.15) is 91.9 Å². The molecular weight excluding hydrogens is 1280 g/mol. The summed E-state index contributed by atoms with van der Waals surface area (Å²) in [7, 11) is 0. The minimum Gasteiger partial charge on any atom is -0.370 e. The molecule has 5 aromatic carbocycles. The summed E-state index contributed by atoms with van der Waals surface area (Å²) in [4.78, 5) is 151. The number of aromatic nitrogens is 6. The van der Waals surface area contributed by atoms with E-state index >= 15 is 19.2 Å². The normalized spacial score (nSPS) is 13.8. The third-order valence-electron chi connectivity index (χ3n) is 18.3. The van der Waals surface area contributed by atoms with E-state index in [9.17, 15) is 24.0 Å². The molecule has 0 aliphatic heterocycles. The fourth-order valence-corrected chi connectivity index (χ4v) is 13.0. The average molecular weight is 1370 g/mol. The molecule has 26 nitrogen and oxygen atoms in total. The van der Waals surface area contributed by atoms with Crippen LogP contribution in [0.3, 0.4) is 0 Å².